The molecule has 0 N–H and O–H groups in total. The largest absolute Gasteiger partial charge is 0.303 e. The Hall–Kier alpha value is -0.0400. The van der Waals surface area contributed by atoms with Gasteiger partial charge in [-0.05, 0) is 44.3 Å². The van der Waals surface area contributed by atoms with Crippen molar-refractivity contribution in [2.45, 2.75) is 60.3 Å². The van der Waals surface area contributed by atoms with E-state index < -0.39 is 0 Å². The number of unbranched alkanes of at least 4 members (excludes halogenated alkanes) is 1. The van der Waals surface area contributed by atoms with Crippen molar-refractivity contribution in [2.75, 3.05) is 19.6 Å². The Morgan fingerprint density at radius 3 is 1.93 bits per heavy atom. The fourth-order valence-electron chi connectivity index (χ4n) is 1.53. The van der Waals surface area contributed by atoms with Crippen LogP contribution in [0.5, 0.6) is 0 Å². The molecule has 0 bridgehead atoms. The fraction of sp³-hybridized carbons (Fsp3) is 1.00. The number of hydrogen-bond donors (Lipinski definition) is 0. The molecular formula is C13H29N. The van der Waals surface area contributed by atoms with Crippen LogP contribution in [0.25, 0.3) is 0 Å². The Kier molecular flexibility index (Phi) is 7.26. The molecule has 0 saturated heterocycles. The zero-order valence-electron chi connectivity index (χ0n) is 10.9. The van der Waals surface area contributed by atoms with Crippen LogP contribution in [-0.2, 0) is 0 Å². The van der Waals surface area contributed by atoms with Crippen LogP contribution in [0.3, 0.4) is 0 Å². The maximum absolute atomic E-state index is 2.62. The van der Waals surface area contributed by atoms with Gasteiger partial charge in [0.05, 0.1) is 0 Å². The average Bonchev–Trinajstić information content (AvgIpc) is 2.08. The Labute approximate surface area is 90.9 Å². The molecule has 0 amide bonds. The molecule has 0 radical (unpaired) electrons. The molecule has 0 atom stereocenters. The minimum absolute atomic E-state index is 0.484. The van der Waals surface area contributed by atoms with Crippen LogP contribution in [0.2, 0.25) is 0 Å². The smallest absolute Gasteiger partial charge is 0.00138 e. The summed E-state index contributed by atoms with van der Waals surface area (Å²) in [5.74, 6) is 0. The molecule has 86 valence electrons. The van der Waals surface area contributed by atoms with E-state index in [0.29, 0.717) is 5.41 Å². The van der Waals surface area contributed by atoms with Crippen LogP contribution in [0, 0.1) is 5.41 Å². The third-order valence-corrected chi connectivity index (χ3v) is 2.55. The summed E-state index contributed by atoms with van der Waals surface area (Å²) >= 11 is 0. The maximum Gasteiger partial charge on any atom is -0.00138 e. The van der Waals surface area contributed by atoms with E-state index in [-0.39, 0.29) is 0 Å². The predicted molar refractivity (Wildman–Crippen MR) is 65.7 cm³/mol. The van der Waals surface area contributed by atoms with Crippen molar-refractivity contribution in [3.63, 3.8) is 0 Å². The summed E-state index contributed by atoms with van der Waals surface area (Å²) in [6.07, 6.45) is 5.27. The van der Waals surface area contributed by atoms with Gasteiger partial charge in [-0.15, -0.1) is 0 Å². The molecule has 0 aliphatic heterocycles. The highest BCUT2D eigenvalue weighted by atomic mass is 15.1. The number of nitrogens with zero attached hydrogens (tertiary/aromatic N) is 1. The second-order valence-electron chi connectivity index (χ2n) is 5.51. The van der Waals surface area contributed by atoms with Gasteiger partial charge in [-0.1, -0.05) is 41.0 Å². The van der Waals surface area contributed by atoms with Gasteiger partial charge in [0.25, 0.3) is 0 Å². The van der Waals surface area contributed by atoms with Crippen molar-refractivity contribution < 1.29 is 0 Å². The Morgan fingerprint density at radius 1 is 0.857 bits per heavy atom. The normalized spacial score (nSPS) is 12.4. The van der Waals surface area contributed by atoms with Crippen molar-refractivity contribution >= 4 is 0 Å². The van der Waals surface area contributed by atoms with Crippen molar-refractivity contribution in [3.8, 4) is 0 Å². The summed E-state index contributed by atoms with van der Waals surface area (Å²) in [6.45, 7) is 15.4. The molecule has 14 heavy (non-hydrogen) atoms. The van der Waals surface area contributed by atoms with E-state index in [1.54, 1.807) is 0 Å². The molecule has 0 aliphatic rings. The van der Waals surface area contributed by atoms with Gasteiger partial charge >= 0.3 is 0 Å². The van der Waals surface area contributed by atoms with Gasteiger partial charge < -0.3 is 4.90 Å². The van der Waals surface area contributed by atoms with Gasteiger partial charge in [0.15, 0.2) is 0 Å². The van der Waals surface area contributed by atoms with Crippen molar-refractivity contribution in [1.29, 1.82) is 0 Å². The van der Waals surface area contributed by atoms with Crippen LogP contribution in [-0.4, -0.2) is 24.5 Å². The fourth-order valence-corrected chi connectivity index (χ4v) is 1.53. The quantitative estimate of drug-likeness (QED) is 0.600. The Balaban J connectivity index is 3.72. The molecule has 1 nitrogen and oxygen atoms in total. The van der Waals surface area contributed by atoms with Crippen LogP contribution in [0.4, 0.5) is 0 Å². The molecule has 0 aliphatic carbocycles. The van der Waals surface area contributed by atoms with Crippen LogP contribution >= 0.6 is 0 Å². The second-order valence-corrected chi connectivity index (χ2v) is 5.51. The molecule has 1 heteroatoms. The molecule has 0 heterocycles. The van der Waals surface area contributed by atoms with E-state index >= 15 is 0 Å². The summed E-state index contributed by atoms with van der Waals surface area (Å²) in [5.41, 5.74) is 0.484. The van der Waals surface area contributed by atoms with E-state index in [1.807, 2.05) is 0 Å². The first-order valence-electron chi connectivity index (χ1n) is 6.22. The van der Waals surface area contributed by atoms with Crippen molar-refractivity contribution in [2.24, 2.45) is 5.41 Å². The van der Waals surface area contributed by atoms with Crippen LogP contribution < -0.4 is 0 Å². The standard InChI is InChI=1S/C13H29N/c1-6-8-11-14(10-7-2)12-9-13(3,4)5/h6-12H2,1-5H3. The van der Waals surface area contributed by atoms with E-state index in [9.17, 15) is 0 Å². The van der Waals surface area contributed by atoms with Crippen LogP contribution in [0.1, 0.15) is 60.3 Å². The summed E-state index contributed by atoms with van der Waals surface area (Å²) in [6, 6.07) is 0. The predicted octanol–water partition coefficient (Wildman–Crippen LogP) is 3.93. The van der Waals surface area contributed by atoms with Gasteiger partial charge in [-0.25, -0.2) is 0 Å². The van der Waals surface area contributed by atoms with E-state index in [1.165, 1.54) is 45.3 Å². The highest BCUT2D eigenvalue weighted by Crippen LogP contribution is 2.18. The SMILES string of the molecule is CCCCN(CCC)CCC(C)(C)C. The minimum Gasteiger partial charge on any atom is -0.303 e. The zero-order chi connectivity index (χ0) is 11.0. The third kappa shape index (κ3) is 8.55. The lowest BCUT2D eigenvalue weighted by molar-refractivity contribution is 0.225. The Bertz CT molecular complexity index is 124. The van der Waals surface area contributed by atoms with Gasteiger partial charge in [-0.2, -0.15) is 0 Å². The lowest BCUT2D eigenvalue weighted by atomic mass is 9.92. The first-order valence-corrected chi connectivity index (χ1v) is 6.22. The molecule has 0 aromatic rings. The van der Waals surface area contributed by atoms with Gasteiger partial charge in [-0.3, -0.25) is 0 Å². The van der Waals surface area contributed by atoms with Gasteiger partial charge in [0, 0.05) is 0 Å². The highest BCUT2D eigenvalue weighted by Gasteiger charge is 2.12. The lowest BCUT2D eigenvalue weighted by Crippen LogP contribution is -2.29. The Morgan fingerprint density at radius 2 is 1.50 bits per heavy atom. The molecule has 0 unspecified atom stereocenters. The zero-order valence-corrected chi connectivity index (χ0v) is 10.9. The summed E-state index contributed by atoms with van der Waals surface area (Å²) in [5, 5.41) is 0. The topological polar surface area (TPSA) is 3.24 Å². The summed E-state index contributed by atoms with van der Waals surface area (Å²) in [7, 11) is 0. The maximum atomic E-state index is 2.62. The summed E-state index contributed by atoms with van der Waals surface area (Å²) in [4.78, 5) is 2.62. The molecule has 0 fully saturated rings. The first kappa shape index (κ1) is 14.0. The molecular weight excluding hydrogens is 170 g/mol. The molecule has 0 aromatic carbocycles. The van der Waals surface area contributed by atoms with Crippen molar-refractivity contribution in [1.82, 2.24) is 4.90 Å². The van der Waals surface area contributed by atoms with Gasteiger partial charge in [0.2, 0.25) is 0 Å². The molecule has 0 rings (SSSR count). The van der Waals surface area contributed by atoms with Crippen molar-refractivity contribution in [3.05, 3.63) is 0 Å². The highest BCUT2D eigenvalue weighted by molar-refractivity contribution is 4.66. The van der Waals surface area contributed by atoms with Gasteiger partial charge in [0.1, 0.15) is 0 Å². The summed E-state index contributed by atoms with van der Waals surface area (Å²) < 4.78 is 0. The number of hydrogen-bond acceptors (Lipinski definition) is 1. The molecule has 0 spiro atoms. The monoisotopic (exact) mass is 199 g/mol. The second kappa shape index (κ2) is 7.28. The molecule has 0 aromatic heterocycles. The number of rotatable bonds is 7. The average molecular weight is 199 g/mol. The lowest BCUT2D eigenvalue weighted by Gasteiger charge is -2.26. The minimum atomic E-state index is 0.484. The third-order valence-electron chi connectivity index (χ3n) is 2.55. The first-order chi connectivity index (χ1) is 6.49. The van der Waals surface area contributed by atoms with E-state index in [0.717, 1.165) is 0 Å². The van der Waals surface area contributed by atoms with Crippen LogP contribution in [0.15, 0.2) is 0 Å². The van der Waals surface area contributed by atoms with E-state index in [2.05, 4.69) is 39.5 Å². The van der Waals surface area contributed by atoms with E-state index in [4.69, 9.17) is 0 Å². The molecule has 0 saturated carbocycles.